The predicted molar refractivity (Wildman–Crippen MR) is 88.9 cm³/mol. The third kappa shape index (κ3) is 3.16. The van der Waals surface area contributed by atoms with Crippen molar-refractivity contribution < 1.29 is 4.79 Å². The third-order valence-corrected chi connectivity index (χ3v) is 4.26. The van der Waals surface area contributed by atoms with Crippen molar-refractivity contribution in [1.29, 1.82) is 0 Å². The van der Waals surface area contributed by atoms with E-state index in [4.69, 9.17) is 0 Å². The quantitative estimate of drug-likeness (QED) is 0.914. The van der Waals surface area contributed by atoms with E-state index in [1.54, 1.807) is 0 Å². The molecule has 1 fully saturated rings. The summed E-state index contributed by atoms with van der Waals surface area (Å²) in [4.78, 5) is 14.6. The number of nitrogens with one attached hydrogen (secondary N) is 1. The normalized spacial score (nSPS) is 14.0. The van der Waals surface area contributed by atoms with E-state index >= 15 is 0 Å². The summed E-state index contributed by atoms with van der Waals surface area (Å²) in [5.74, 6) is 0. The van der Waals surface area contributed by atoms with Crippen LogP contribution in [0.5, 0.6) is 0 Å². The van der Waals surface area contributed by atoms with Crippen molar-refractivity contribution in [2.75, 3.05) is 5.32 Å². The predicted octanol–water partition coefficient (Wildman–Crippen LogP) is 3.84. The van der Waals surface area contributed by atoms with Gasteiger partial charge in [0.25, 0.3) is 0 Å². The summed E-state index contributed by atoms with van der Waals surface area (Å²) in [6, 6.07) is 10.6. The Bertz CT molecular complexity index is 685. The SMILES string of the molecule is Cc1ccc(NC(=O)N(Cc2cccn2C)C2CC2)c(C)c1. The number of nitrogens with zero attached hydrogens (tertiary/aromatic N) is 2. The first-order valence-corrected chi connectivity index (χ1v) is 7.79. The first kappa shape index (κ1) is 14.7. The minimum atomic E-state index is -0.00402. The van der Waals surface area contributed by atoms with E-state index in [1.807, 2.05) is 43.3 Å². The highest BCUT2D eigenvalue weighted by atomic mass is 16.2. The topological polar surface area (TPSA) is 37.3 Å². The second-order valence-electron chi connectivity index (χ2n) is 6.22. The Morgan fingerprint density at radius 1 is 1.32 bits per heavy atom. The minimum absolute atomic E-state index is 0.00402. The molecule has 0 saturated heterocycles. The highest BCUT2D eigenvalue weighted by molar-refractivity contribution is 5.90. The second kappa shape index (κ2) is 5.87. The van der Waals surface area contributed by atoms with Crippen molar-refractivity contribution in [2.24, 2.45) is 7.05 Å². The van der Waals surface area contributed by atoms with E-state index in [-0.39, 0.29) is 6.03 Å². The molecule has 0 atom stereocenters. The number of aryl methyl sites for hydroxylation is 3. The van der Waals surface area contributed by atoms with E-state index in [9.17, 15) is 4.79 Å². The number of amides is 2. The fourth-order valence-electron chi connectivity index (χ4n) is 2.73. The van der Waals surface area contributed by atoms with Gasteiger partial charge in [-0.05, 0) is 50.5 Å². The lowest BCUT2D eigenvalue weighted by Gasteiger charge is -2.23. The summed E-state index contributed by atoms with van der Waals surface area (Å²) < 4.78 is 2.07. The monoisotopic (exact) mass is 297 g/mol. The number of carbonyl (C=O) groups excluding carboxylic acids is 1. The van der Waals surface area contributed by atoms with Crippen molar-refractivity contribution in [3.8, 4) is 0 Å². The largest absolute Gasteiger partial charge is 0.353 e. The highest BCUT2D eigenvalue weighted by Gasteiger charge is 2.33. The zero-order valence-corrected chi connectivity index (χ0v) is 13.5. The molecule has 4 nitrogen and oxygen atoms in total. The van der Waals surface area contributed by atoms with Crippen LogP contribution in [-0.4, -0.2) is 21.5 Å². The van der Waals surface area contributed by atoms with E-state index in [0.717, 1.165) is 29.8 Å². The highest BCUT2D eigenvalue weighted by Crippen LogP contribution is 2.29. The molecule has 22 heavy (non-hydrogen) atoms. The van der Waals surface area contributed by atoms with Gasteiger partial charge in [0.1, 0.15) is 0 Å². The average Bonchev–Trinajstić information content (AvgIpc) is 3.23. The molecule has 2 amide bonds. The van der Waals surface area contributed by atoms with Crippen LogP contribution in [0.25, 0.3) is 0 Å². The van der Waals surface area contributed by atoms with Crippen LogP contribution in [0.3, 0.4) is 0 Å². The fraction of sp³-hybridized carbons (Fsp3) is 0.389. The molecule has 1 aliphatic carbocycles. The van der Waals surface area contributed by atoms with Crippen LogP contribution < -0.4 is 5.32 Å². The summed E-state index contributed by atoms with van der Waals surface area (Å²) in [5.41, 5.74) is 4.36. The molecule has 4 heteroatoms. The molecule has 2 aromatic rings. The molecule has 0 bridgehead atoms. The van der Waals surface area contributed by atoms with Crippen molar-refractivity contribution in [1.82, 2.24) is 9.47 Å². The summed E-state index contributed by atoms with van der Waals surface area (Å²) in [7, 11) is 2.02. The van der Waals surface area contributed by atoms with Gasteiger partial charge in [0.05, 0.1) is 6.54 Å². The van der Waals surface area contributed by atoms with Gasteiger partial charge in [0.15, 0.2) is 0 Å². The molecule has 3 rings (SSSR count). The molecular formula is C18H23N3O. The van der Waals surface area contributed by atoms with Gasteiger partial charge in [0.2, 0.25) is 0 Å². The van der Waals surface area contributed by atoms with Crippen LogP contribution in [0, 0.1) is 13.8 Å². The molecule has 0 aliphatic heterocycles. The number of aromatic nitrogens is 1. The molecule has 1 aromatic heterocycles. The molecule has 0 spiro atoms. The van der Waals surface area contributed by atoms with Crippen molar-refractivity contribution >= 4 is 11.7 Å². The molecule has 0 radical (unpaired) electrons. The number of urea groups is 1. The molecule has 1 aromatic carbocycles. The van der Waals surface area contributed by atoms with Gasteiger partial charge >= 0.3 is 6.03 Å². The van der Waals surface area contributed by atoms with Crippen LogP contribution in [0.1, 0.15) is 29.7 Å². The minimum Gasteiger partial charge on any atom is -0.353 e. The average molecular weight is 297 g/mol. The molecule has 1 N–H and O–H groups in total. The van der Waals surface area contributed by atoms with Crippen molar-refractivity contribution in [2.45, 2.75) is 39.3 Å². The maximum absolute atomic E-state index is 12.7. The number of rotatable bonds is 4. The Morgan fingerprint density at radius 3 is 2.68 bits per heavy atom. The van der Waals surface area contributed by atoms with Crippen LogP contribution in [0.4, 0.5) is 10.5 Å². The van der Waals surface area contributed by atoms with Crippen LogP contribution in [-0.2, 0) is 13.6 Å². The molecular weight excluding hydrogens is 274 g/mol. The lowest BCUT2D eigenvalue weighted by atomic mass is 10.1. The maximum Gasteiger partial charge on any atom is 0.322 e. The Hall–Kier alpha value is -2.23. The first-order chi connectivity index (χ1) is 10.5. The van der Waals surface area contributed by atoms with E-state index < -0.39 is 0 Å². The van der Waals surface area contributed by atoms with Crippen molar-refractivity contribution in [3.05, 3.63) is 53.3 Å². The van der Waals surface area contributed by atoms with Gasteiger partial charge < -0.3 is 14.8 Å². The maximum atomic E-state index is 12.7. The van der Waals surface area contributed by atoms with Gasteiger partial charge in [-0.1, -0.05) is 17.7 Å². The molecule has 1 saturated carbocycles. The van der Waals surface area contributed by atoms with Gasteiger partial charge in [-0.15, -0.1) is 0 Å². The standard InChI is InChI=1S/C18H23N3O/c1-13-6-9-17(14(2)11-13)19-18(22)21(15-7-8-15)12-16-5-4-10-20(16)3/h4-6,9-11,15H,7-8,12H2,1-3H3,(H,19,22). The summed E-state index contributed by atoms with van der Waals surface area (Å²) in [5, 5.41) is 3.07. The number of hydrogen-bond acceptors (Lipinski definition) is 1. The van der Waals surface area contributed by atoms with E-state index in [0.29, 0.717) is 12.6 Å². The number of hydrogen-bond donors (Lipinski definition) is 1. The van der Waals surface area contributed by atoms with Gasteiger partial charge in [-0.2, -0.15) is 0 Å². The molecule has 0 unspecified atom stereocenters. The Morgan fingerprint density at radius 2 is 2.09 bits per heavy atom. The smallest absolute Gasteiger partial charge is 0.322 e. The Labute approximate surface area is 131 Å². The summed E-state index contributed by atoms with van der Waals surface area (Å²) >= 11 is 0. The number of benzene rings is 1. The Balaban J connectivity index is 1.74. The molecule has 1 heterocycles. The lowest BCUT2D eigenvalue weighted by molar-refractivity contribution is 0.205. The second-order valence-corrected chi connectivity index (χ2v) is 6.22. The zero-order chi connectivity index (χ0) is 15.7. The zero-order valence-electron chi connectivity index (χ0n) is 13.5. The van der Waals surface area contributed by atoms with Gasteiger partial charge in [-0.25, -0.2) is 4.79 Å². The summed E-state index contributed by atoms with van der Waals surface area (Å²) in [6.45, 7) is 4.75. The number of carbonyl (C=O) groups is 1. The number of anilines is 1. The lowest BCUT2D eigenvalue weighted by Crippen LogP contribution is -2.36. The first-order valence-electron chi connectivity index (χ1n) is 7.79. The van der Waals surface area contributed by atoms with Crippen LogP contribution >= 0.6 is 0 Å². The third-order valence-electron chi connectivity index (χ3n) is 4.26. The van der Waals surface area contributed by atoms with Crippen molar-refractivity contribution in [3.63, 3.8) is 0 Å². The van der Waals surface area contributed by atoms with E-state index in [1.165, 1.54) is 5.56 Å². The van der Waals surface area contributed by atoms with E-state index in [2.05, 4.69) is 28.9 Å². The van der Waals surface area contributed by atoms with Crippen LogP contribution in [0.15, 0.2) is 36.5 Å². The van der Waals surface area contributed by atoms with Gasteiger partial charge in [-0.3, -0.25) is 0 Å². The summed E-state index contributed by atoms with van der Waals surface area (Å²) in [6.07, 6.45) is 4.22. The Kier molecular flexibility index (Phi) is 3.92. The fourth-order valence-corrected chi connectivity index (χ4v) is 2.73. The van der Waals surface area contributed by atoms with Crippen LogP contribution in [0.2, 0.25) is 0 Å². The molecule has 116 valence electrons. The molecule has 1 aliphatic rings. The van der Waals surface area contributed by atoms with Gasteiger partial charge in [0, 0.05) is 30.7 Å².